The molecule has 14 heavy (non-hydrogen) atoms. The molecule has 0 aliphatic heterocycles. The number of nitrogens with zero attached hydrogens (tertiary/aromatic N) is 1. The molecule has 0 unspecified atom stereocenters. The largest absolute Gasteiger partial charge is 0.315 e. The van der Waals surface area contributed by atoms with Gasteiger partial charge in [0.05, 0.1) is 0 Å². The summed E-state index contributed by atoms with van der Waals surface area (Å²) >= 11 is 0. The van der Waals surface area contributed by atoms with Crippen LogP contribution in [-0.2, 0) is 0 Å². The van der Waals surface area contributed by atoms with E-state index in [-0.39, 0.29) is 0 Å². The molecular weight excluding hydrogens is 172 g/mol. The molecule has 0 saturated heterocycles. The summed E-state index contributed by atoms with van der Waals surface area (Å²) in [5.74, 6) is 0. The van der Waals surface area contributed by atoms with E-state index in [1.807, 2.05) is 0 Å². The van der Waals surface area contributed by atoms with E-state index in [9.17, 15) is 0 Å². The van der Waals surface area contributed by atoms with Gasteiger partial charge in [0.15, 0.2) is 0 Å². The highest BCUT2D eigenvalue weighted by Gasteiger charge is 2.05. The van der Waals surface area contributed by atoms with Gasteiger partial charge in [0.1, 0.15) is 0 Å². The molecule has 0 aliphatic rings. The predicted octanol–water partition coefficient (Wildman–Crippen LogP) is 2.49. The van der Waals surface area contributed by atoms with Gasteiger partial charge in [0.2, 0.25) is 0 Å². The lowest BCUT2D eigenvalue weighted by atomic mass is 10.2. The van der Waals surface area contributed by atoms with E-state index >= 15 is 0 Å². The van der Waals surface area contributed by atoms with Gasteiger partial charge in [0.25, 0.3) is 0 Å². The SMILES string of the molecule is CCN(CCCCNC(C)C)C(C)C. The molecule has 0 aromatic rings. The van der Waals surface area contributed by atoms with Crippen LogP contribution in [0.5, 0.6) is 0 Å². The first-order chi connectivity index (χ1) is 6.57. The molecule has 2 heteroatoms. The Kier molecular flexibility index (Phi) is 8.20. The minimum atomic E-state index is 0.627. The summed E-state index contributed by atoms with van der Waals surface area (Å²) in [6.07, 6.45) is 2.60. The molecule has 0 heterocycles. The maximum Gasteiger partial charge on any atom is 0.00384 e. The fourth-order valence-corrected chi connectivity index (χ4v) is 1.61. The molecule has 2 nitrogen and oxygen atoms in total. The van der Waals surface area contributed by atoms with Gasteiger partial charge in [-0.2, -0.15) is 0 Å². The molecule has 86 valence electrons. The van der Waals surface area contributed by atoms with Crippen molar-refractivity contribution in [1.82, 2.24) is 10.2 Å². The van der Waals surface area contributed by atoms with Gasteiger partial charge in [0, 0.05) is 12.1 Å². The molecule has 1 N–H and O–H groups in total. The van der Waals surface area contributed by atoms with E-state index < -0.39 is 0 Å². The van der Waals surface area contributed by atoms with Crippen LogP contribution in [0.3, 0.4) is 0 Å². The van der Waals surface area contributed by atoms with Crippen molar-refractivity contribution in [2.45, 2.75) is 59.5 Å². The van der Waals surface area contributed by atoms with Crippen LogP contribution in [0.25, 0.3) is 0 Å². The highest BCUT2D eigenvalue weighted by molar-refractivity contribution is 4.61. The molecule has 0 fully saturated rings. The Morgan fingerprint density at radius 2 is 1.71 bits per heavy atom. The van der Waals surface area contributed by atoms with Crippen molar-refractivity contribution in [2.24, 2.45) is 0 Å². The Labute approximate surface area is 90.1 Å². The third-order valence-corrected chi connectivity index (χ3v) is 2.56. The number of nitrogens with one attached hydrogen (secondary N) is 1. The molecule has 0 rings (SSSR count). The van der Waals surface area contributed by atoms with Crippen molar-refractivity contribution in [3.63, 3.8) is 0 Å². The zero-order valence-corrected chi connectivity index (χ0v) is 10.6. The van der Waals surface area contributed by atoms with Crippen LogP contribution in [0.1, 0.15) is 47.5 Å². The van der Waals surface area contributed by atoms with Crippen molar-refractivity contribution >= 4 is 0 Å². The van der Waals surface area contributed by atoms with E-state index in [0.29, 0.717) is 12.1 Å². The summed E-state index contributed by atoms with van der Waals surface area (Å²) in [6.45, 7) is 14.8. The second-order valence-electron chi connectivity index (χ2n) is 4.54. The molecule has 0 amide bonds. The Morgan fingerprint density at radius 3 is 2.14 bits per heavy atom. The van der Waals surface area contributed by atoms with Crippen LogP contribution in [0.4, 0.5) is 0 Å². The highest BCUT2D eigenvalue weighted by atomic mass is 15.1. The van der Waals surface area contributed by atoms with E-state index in [4.69, 9.17) is 0 Å². The number of unbranched alkanes of at least 4 members (excludes halogenated alkanes) is 1. The van der Waals surface area contributed by atoms with E-state index in [1.165, 1.54) is 25.9 Å². The first kappa shape index (κ1) is 13.9. The lowest BCUT2D eigenvalue weighted by molar-refractivity contribution is 0.228. The normalized spacial score (nSPS) is 12.0. The average molecular weight is 200 g/mol. The zero-order chi connectivity index (χ0) is 11.0. The van der Waals surface area contributed by atoms with Gasteiger partial charge in [-0.15, -0.1) is 0 Å². The van der Waals surface area contributed by atoms with Crippen molar-refractivity contribution < 1.29 is 0 Å². The number of hydrogen-bond donors (Lipinski definition) is 1. The topological polar surface area (TPSA) is 15.3 Å². The van der Waals surface area contributed by atoms with Gasteiger partial charge >= 0.3 is 0 Å². The first-order valence-corrected chi connectivity index (χ1v) is 6.05. The fourth-order valence-electron chi connectivity index (χ4n) is 1.61. The molecule has 0 spiro atoms. The Balaban J connectivity index is 3.33. The maximum absolute atomic E-state index is 3.45. The summed E-state index contributed by atoms with van der Waals surface area (Å²) in [6, 6.07) is 1.32. The smallest absolute Gasteiger partial charge is 0.00384 e. The third-order valence-electron chi connectivity index (χ3n) is 2.56. The highest BCUT2D eigenvalue weighted by Crippen LogP contribution is 2.00. The molecule has 0 radical (unpaired) electrons. The van der Waals surface area contributed by atoms with E-state index in [2.05, 4.69) is 44.8 Å². The van der Waals surface area contributed by atoms with Crippen LogP contribution >= 0.6 is 0 Å². The Hall–Kier alpha value is -0.0800. The second-order valence-corrected chi connectivity index (χ2v) is 4.54. The fraction of sp³-hybridized carbons (Fsp3) is 1.00. The van der Waals surface area contributed by atoms with Crippen molar-refractivity contribution in [1.29, 1.82) is 0 Å². The third kappa shape index (κ3) is 7.34. The van der Waals surface area contributed by atoms with Gasteiger partial charge in [-0.05, 0) is 46.3 Å². The average Bonchev–Trinajstić information content (AvgIpc) is 2.10. The first-order valence-electron chi connectivity index (χ1n) is 6.05. The monoisotopic (exact) mass is 200 g/mol. The summed E-state index contributed by atoms with van der Waals surface area (Å²) < 4.78 is 0. The molecule has 0 aromatic carbocycles. The van der Waals surface area contributed by atoms with Crippen LogP contribution in [0, 0.1) is 0 Å². The van der Waals surface area contributed by atoms with Crippen LogP contribution in [0.15, 0.2) is 0 Å². The van der Waals surface area contributed by atoms with Gasteiger partial charge < -0.3 is 10.2 Å². The van der Waals surface area contributed by atoms with E-state index in [1.54, 1.807) is 0 Å². The van der Waals surface area contributed by atoms with Gasteiger partial charge in [-0.25, -0.2) is 0 Å². The Bertz CT molecular complexity index is 121. The van der Waals surface area contributed by atoms with E-state index in [0.717, 1.165) is 6.54 Å². The van der Waals surface area contributed by atoms with Crippen molar-refractivity contribution in [2.75, 3.05) is 19.6 Å². The lowest BCUT2D eigenvalue weighted by Crippen LogP contribution is -2.32. The van der Waals surface area contributed by atoms with Crippen molar-refractivity contribution in [3.05, 3.63) is 0 Å². The minimum absolute atomic E-state index is 0.627. The minimum Gasteiger partial charge on any atom is -0.315 e. The van der Waals surface area contributed by atoms with Gasteiger partial charge in [-0.3, -0.25) is 0 Å². The molecular formula is C12H28N2. The molecule has 0 aromatic heterocycles. The number of hydrogen-bond acceptors (Lipinski definition) is 2. The summed E-state index contributed by atoms with van der Waals surface area (Å²) in [4.78, 5) is 2.52. The lowest BCUT2D eigenvalue weighted by Gasteiger charge is -2.24. The molecule has 0 bridgehead atoms. The van der Waals surface area contributed by atoms with Crippen LogP contribution in [-0.4, -0.2) is 36.6 Å². The zero-order valence-electron chi connectivity index (χ0n) is 10.6. The number of rotatable bonds is 8. The Morgan fingerprint density at radius 1 is 1.07 bits per heavy atom. The second kappa shape index (κ2) is 8.25. The maximum atomic E-state index is 3.45. The quantitative estimate of drug-likeness (QED) is 0.606. The molecule has 0 atom stereocenters. The predicted molar refractivity (Wildman–Crippen MR) is 64.8 cm³/mol. The molecule has 0 saturated carbocycles. The molecule has 0 aliphatic carbocycles. The summed E-state index contributed by atoms with van der Waals surface area (Å²) in [5, 5.41) is 3.45. The summed E-state index contributed by atoms with van der Waals surface area (Å²) in [5.41, 5.74) is 0. The summed E-state index contributed by atoms with van der Waals surface area (Å²) in [7, 11) is 0. The van der Waals surface area contributed by atoms with Crippen molar-refractivity contribution in [3.8, 4) is 0 Å². The van der Waals surface area contributed by atoms with Crippen LogP contribution < -0.4 is 5.32 Å². The van der Waals surface area contributed by atoms with Crippen LogP contribution in [0.2, 0.25) is 0 Å². The standard InChI is InChI=1S/C12H28N2/c1-6-14(12(4)5)10-8-7-9-13-11(2)3/h11-13H,6-10H2,1-5H3. The van der Waals surface area contributed by atoms with Gasteiger partial charge in [-0.1, -0.05) is 20.8 Å².